The predicted molar refractivity (Wildman–Crippen MR) is 106 cm³/mol. The minimum absolute atomic E-state index is 0.0776. The van der Waals surface area contributed by atoms with Crippen LogP contribution in [0.25, 0.3) is 0 Å². The van der Waals surface area contributed by atoms with E-state index >= 15 is 0 Å². The molecular weight excluding hydrogens is 372 g/mol. The van der Waals surface area contributed by atoms with Crippen molar-refractivity contribution in [2.75, 3.05) is 40.0 Å². The van der Waals surface area contributed by atoms with Crippen LogP contribution in [0.4, 0.5) is 0 Å². The molecule has 0 N–H and O–H groups in total. The minimum Gasteiger partial charge on any atom is -0.385 e. The number of amides is 1. The van der Waals surface area contributed by atoms with Crippen molar-refractivity contribution in [2.45, 2.75) is 43.4 Å². The van der Waals surface area contributed by atoms with Gasteiger partial charge >= 0.3 is 0 Å². The number of piperidine rings is 1. The summed E-state index contributed by atoms with van der Waals surface area (Å²) in [7, 11) is 3.61. The summed E-state index contributed by atoms with van der Waals surface area (Å²) in [4.78, 5) is 19.6. The molecule has 0 radical (unpaired) electrons. The fourth-order valence-corrected chi connectivity index (χ4v) is 4.43. The molecule has 0 saturated carbocycles. The fraction of sp³-hybridized carbons (Fsp3) is 0.667. The highest BCUT2D eigenvalue weighted by atomic mass is 16.5. The first-order valence-corrected chi connectivity index (χ1v) is 10.4. The van der Waals surface area contributed by atoms with Crippen LogP contribution in [0.5, 0.6) is 0 Å². The Morgan fingerprint density at radius 3 is 2.72 bits per heavy atom. The third-order valence-electron chi connectivity index (χ3n) is 6.44. The van der Waals surface area contributed by atoms with Crippen molar-refractivity contribution in [1.29, 1.82) is 0 Å². The van der Waals surface area contributed by atoms with Crippen molar-refractivity contribution < 1.29 is 18.8 Å². The maximum atomic E-state index is 12.9. The lowest BCUT2D eigenvalue weighted by atomic mass is 9.75. The third kappa shape index (κ3) is 4.09. The van der Waals surface area contributed by atoms with Crippen molar-refractivity contribution in [3.8, 4) is 0 Å². The van der Waals surface area contributed by atoms with E-state index in [1.165, 1.54) is 0 Å². The van der Waals surface area contributed by atoms with Gasteiger partial charge in [0.05, 0.1) is 0 Å². The van der Waals surface area contributed by atoms with Crippen LogP contribution in [-0.2, 0) is 21.9 Å². The molecule has 4 rings (SSSR count). The molecule has 2 aliphatic rings. The number of aromatic nitrogens is 3. The number of carbonyl (C=O) groups excluding carboxylic acids is 1. The molecule has 29 heavy (non-hydrogen) atoms. The van der Waals surface area contributed by atoms with Crippen molar-refractivity contribution in [3.05, 3.63) is 35.7 Å². The van der Waals surface area contributed by atoms with E-state index in [4.69, 9.17) is 19.0 Å². The maximum Gasteiger partial charge on any atom is 0.270 e. The Kier molecular flexibility index (Phi) is 6.01. The van der Waals surface area contributed by atoms with Gasteiger partial charge in [0.15, 0.2) is 5.82 Å². The Morgan fingerprint density at radius 1 is 1.31 bits per heavy atom. The Hall–Kier alpha value is -2.19. The number of rotatable bonds is 6. The van der Waals surface area contributed by atoms with E-state index in [0.29, 0.717) is 19.7 Å². The summed E-state index contributed by atoms with van der Waals surface area (Å²) in [5, 5.41) is 4.38. The zero-order valence-electron chi connectivity index (χ0n) is 17.3. The second-order valence-electron chi connectivity index (χ2n) is 8.16. The summed E-state index contributed by atoms with van der Waals surface area (Å²) < 4.78 is 18.4. The molecule has 2 saturated heterocycles. The average Bonchev–Trinajstić information content (AvgIpc) is 3.42. The van der Waals surface area contributed by atoms with Gasteiger partial charge in [0.25, 0.3) is 5.91 Å². The molecular formula is C21H30N4O4. The van der Waals surface area contributed by atoms with E-state index in [9.17, 15) is 4.79 Å². The molecule has 0 unspecified atom stereocenters. The Morgan fingerprint density at radius 2 is 2.07 bits per heavy atom. The number of hydrogen-bond acceptors (Lipinski definition) is 6. The van der Waals surface area contributed by atoms with Gasteiger partial charge in [-0.3, -0.25) is 4.79 Å². The summed E-state index contributed by atoms with van der Waals surface area (Å²) in [6.07, 6.45) is 6.18. The highest BCUT2D eigenvalue weighted by Crippen LogP contribution is 2.38. The van der Waals surface area contributed by atoms with Gasteiger partial charge in [-0.1, -0.05) is 5.16 Å². The third-order valence-corrected chi connectivity index (χ3v) is 6.44. The van der Waals surface area contributed by atoms with Gasteiger partial charge < -0.3 is 23.5 Å². The van der Waals surface area contributed by atoms with Crippen LogP contribution in [0.3, 0.4) is 0 Å². The Balaban J connectivity index is 1.49. The molecule has 0 bridgehead atoms. The van der Waals surface area contributed by atoms with Gasteiger partial charge in [-0.25, -0.2) is 0 Å². The number of methoxy groups -OCH3 is 1. The van der Waals surface area contributed by atoms with Crippen LogP contribution >= 0.6 is 0 Å². The summed E-state index contributed by atoms with van der Waals surface area (Å²) in [6.45, 7) is 3.47. The zero-order valence-corrected chi connectivity index (χ0v) is 17.3. The zero-order chi connectivity index (χ0) is 20.3. The van der Waals surface area contributed by atoms with Crippen LogP contribution in [0.1, 0.15) is 60.2 Å². The quantitative estimate of drug-likeness (QED) is 0.738. The topological polar surface area (TPSA) is 82.6 Å². The van der Waals surface area contributed by atoms with Crippen molar-refractivity contribution in [3.63, 3.8) is 0 Å². The molecule has 2 aliphatic heterocycles. The van der Waals surface area contributed by atoms with Crippen molar-refractivity contribution in [2.24, 2.45) is 7.05 Å². The number of likely N-dealkylation sites (tertiary alicyclic amines) is 1. The van der Waals surface area contributed by atoms with E-state index in [-0.39, 0.29) is 17.2 Å². The average molecular weight is 402 g/mol. The van der Waals surface area contributed by atoms with Gasteiger partial charge in [-0.15, -0.1) is 0 Å². The lowest BCUT2D eigenvalue weighted by molar-refractivity contribution is 0.0607. The van der Waals surface area contributed by atoms with E-state index < -0.39 is 0 Å². The van der Waals surface area contributed by atoms with E-state index in [0.717, 1.165) is 62.7 Å². The lowest BCUT2D eigenvalue weighted by Gasteiger charge is -2.39. The molecule has 2 aromatic rings. The van der Waals surface area contributed by atoms with Gasteiger partial charge in [-0.05, 0) is 44.2 Å². The van der Waals surface area contributed by atoms with E-state index in [2.05, 4.69) is 5.16 Å². The second-order valence-corrected chi connectivity index (χ2v) is 8.16. The molecule has 2 fully saturated rings. The lowest BCUT2D eigenvalue weighted by Crippen LogP contribution is -2.46. The summed E-state index contributed by atoms with van der Waals surface area (Å²) in [5.41, 5.74) is 0.504. The molecule has 158 valence electrons. The highest BCUT2D eigenvalue weighted by molar-refractivity contribution is 5.92. The van der Waals surface area contributed by atoms with Gasteiger partial charge in [-0.2, -0.15) is 4.98 Å². The standard InChI is InChI=1S/C21H30N4O4/c1-24-10-3-4-17(24)19(26)25-11-7-21(8-12-25,9-15-27-2)20-22-18(29-23-20)16-5-13-28-14-6-16/h3-4,10,16H,5-9,11-15H2,1-2H3. The molecule has 1 amide bonds. The van der Waals surface area contributed by atoms with Crippen molar-refractivity contribution >= 4 is 5.91 Å². The molecule has 8 heteroatoms. The number of nitrogens with zero attached hydrogens (tertiary/aromatic N) is 4. The van der Waals surface area contributed by atoms with Crippen LogP contribution in [-0.4, -0.2) is 65.5 Å². The van der Waals surface area contributed by atoms with Gasteiger partial charge in [0.1, 0.15) is 5.69 Å². The predicted octanol–water partition coefficient (Wildman–Crippen LogP) is 2.51. The van der Waals surface area contributed by atoms with Crippen LogP contribution in [0, 0.1) is 0 Å². The monoisotopic (exact) mass is 402 g/mol. The number of aryl methyl sites for hydroxylation is 1. The van der Waals surface area contributed by atoms with Crippen LogP contribution in [0.2, 0.25) is 0 Å². The second kappa shape index (κ2) is 8.67. The molecule has 8 nitrogen and oxygen atoms in total. The fourth-order valence-electron chi connectivity index (χ4n) is 4.43. The van der Waals surface area contributed by atoms with Gasteiger partial charge in [0, 0.05) is 64.6 Å². The summed E-state index contributed by atoms with van der Waals surface area (Å²) >= 11 is 0. The smallest absolute Gasteiger partial charge is 0.270 e. The van der Waals surface area contributed by atoms with Crippen molar-refractivity contribution in [1.82, 2.24) is 19.6 Å². The molecule has 0 aliphatic carbocycles. The normalized spacial score (nSPS) is 20.1. The van der Waals surface area contributed by atoms with Crippen LogP contribution < -0.4 is 0 Å². The molecule has 2 aromatic heterocycles. The number of hydrogen-bond donors (Lipinski definition) is 0. The largest absolute Gasteiger partial charge is 0.385 e. The minimum atomic E-state index is -0.214. The molecule has 0 atom stereocenters. The number of ether oxygens (including phenoxy) is 2. The van der Waals surface area contributed by atoms with Gasteiger partial charge in [0.2, 0.25) is 5.89 Å². The molecule has 4 heterocycles. The Labute approximate surface area is 171 Å². The first-order valence-electron chi connectivity index (χ1n) is 10.4. The summed E-state index contributed by atoms with van der Waals surface area (Å²) in [5.74, 6) is 1.85. The summed E-state index contributed by atoms with van der Waals surface area (Å²) in [6, 6.07) is 3.77. The highest BCUT2D eigenvalue weighted by Gasteiger charge is 2.41. The SMILES string of the molecule is COCCC1(c2noc(C3CCOCC3)n2)CCN(C(=O)c2cccn2C)CC1. The Bertz CT molecular complexity index is 816. The number of carbonyl (C=O) groups is 1. The molecule has 0 aromatic carbocycles. The molecule has 0 spiro atoms. The van der Waals surface area contributed by atoms with Crippen LogP contribution in [0.15, 0.2) is 22.9 Å². The van der Waals surface area contributed by atoms with E-state index in [1.807, 2.05) is 34.8 Å². The first kappa shape index (κ1) is 20.1. The first-order chi connectivity index (χ1) is 14.1. The van der Waals surface area contributed by atoms with E-state index in [1.54, 1.807) is 7.11 Å². The maximum absolute atomic E-state index is 12.9.